The van der Waals surface area contributed by atoms with Crippen LogP contribution >= 0.6 is 0 Å². The van der Waals surface area contributed by atoms with Crippen molar-refractivity contribution in [2.24, 2.45) is 0 Å². The van der Waals surface area contributed by atoms with Crippen molar-refractivity contribution in [2.45, 2.75) is 51.9 Å². The smallest absolute Gasteiger partial charge is 0.131 e. The lowest BCUT2D eigenvalue weighted by Crippen LogP contribution is -2.20. The molecule has 0 aromatic heterocycles. The van der Waals surface area contributed by atoms with E-state index in [4.69, 9.17) is 9.47 Å². The largest absolute Gasteiger partial charge is 0.508 e. The Morgan fingerprint density at radius 2 is 0.979 bits per heavy atom. The number of aryl methyl sites for hydroxylation is 1. The summed E-state index contributed by atoms with van der Waals surface area (Å²) in [6.07, 6.45) is 0.625. The van der Waals surface area contributed by atoms with E-state index < -0.39 is 10.8 Å². The molecule has 0 amide bonds. The van der Waals surface area contributed by atoms with Gasteiger partial charge in [0.1, 0.15) is 34.5 Å². The molecule has 0 aliphatic heterocycles. The van der Waals surface area contributed by atoms with Crippen molar-refractivity contribution in [1.29, 1.82) is 0 Å². The van der Waals surface area contributed by atoms with Gasteiger partial charge in [0, 0.05) is 33.9 Å². The Kier molecular flexibility index (Phi) is 9.01. The zero-order valence-corrected chi connectivity index (χ0v) is 28.2. The molecule has 0 saturated heterocycles. The molecule has 0 aliphatic carbocycles. The molecular formula is C44H42O4. The first-order valence-corrected chi connectivity index (χ1v) is 16.3. The maximum atomic E-state index is 10.5. The van der Waals surface area contributed by atoms with Gasteiger partial charge in [0.25, 0.3) is 0 Å². The van der Waals surface area contributed by atoms with Gasteiger partial charge in [0.2, 0.25) is 0 Å². The van der Waals surface area contributed by atoms with Gasteiger partial charge in [-0.25, -0.2) is 0 Å². The summed E-state index contributed by atoms with van der Waals surface area (Å²) in [5.41, 5.74) is 6.44. The highest BCUT2D eigenvalue weighted by Gasteiger charge is 2.29. The van der Waals surface area contributed by atoms with Gasteiger partial charge < -0.3 is 19.7 Å². The van der Waals surface area contributed by atoms with Crippen LogP contribution in [0.5, 0.6) is 34.5 Å². The third-order valence-electron chi connectivity index (χ3n) is 9.26. The van der Waals surface area contributed by atoms with Crippen LogP contribution in [0.1, 0.15) is 66.6 Å². The van der Waals surface area contributed by atoms with E-state index in [1.807, 2.05) is 66.7 Å². The van der Waals surface area contributed by atoms with E-state index in [-0.39, 0.29) is 11.5 Å². The van der Waals surface area contributed by atoms with Crippen LogP contribution in [-0.4, -0.2) is 10.2 Å². The fourth-order valence-corrected chi connectivity index (χ4v) is 6.24. The Morgan fingerprint density at radius 3 is 1.50 bits per heavy atom. The lowest BCUT2D eigenvalue weighted by atomic mass is 9.77. The van der Waals surface area contributed by atoms with Crippen molar-refractivity contribution in [3.63, 3.8) is 0 Å². The normalized spacial score (nSPS) is 11.7. The second kappa shape index (κ2) is 13.3. The van der Waals surface area contributed by atoms with Crippen molar-refractivity contribution in [1.82, 2.24) is 0 Å². The molecule has 0 fully saturated rings. The summed E-state index contributed by atoms with van der Waals surface area (Å²) < 4.78 is 13.4. The average molecular weight is 635 g/mol. The van der Waals surface area contributed by atoms with Gasteiger partial charge >= 0.3 is 0 Å². The number of phenolic OH excluding ortho intramolecular Hbond substituents is 2. The molecule has 242 valence electrons. The molecule has 4 heteroatoms. The standard InChI is InChI=1S/C44H42O4/c1-30-16-18-31(19-17-30)26-32-27-37(47-41-23-20-35(45)28-38(41)43(2,3)33-12-8-6-9-13-33)22-25-40(32)48-42-24-21-36(46)29-39(42)44(4,5)34-14-10-7-11-15-34/h6-25,27-29,45-46H,26H2,1-5H3. The topological polar surface area (TPSA) is 58.9 Å². The number of hydrogen-bond donors (Lipinski definition) is 2. The molecular weight excluding hydrogens is 592 g/mol. The molecule has 0 heterocycles. The number of aromatic hydroxyl groups is 2. The quantitative estimate of drug-likeness (QED) is 0.157. The minimum Gasteiger partial charge on any atom is -0.508 e. The van der Waals surface area contributed by atoms with Crippen molar-refractivity contribution >= 4 is 0 Å². The number of benzene rings is 6. The van der Waals surface area contributed by atoms with Gasteiger partial charge in [-0.3, -0.25) is 0 Å². The second-order valence-corrected chi connectivity index (χ2v) is 13.5. The van der Waals surface area contributed by atoms with Crippen molar-refractivity contribution in [3.8, 4) is 34.5 Å². The van der Waals surface area contributed by atoms with Gasteiger partial charge in [-0.15, -0.1) is 0 Å². The fraction of sp³-hybridized carbons (Fsp3) is 0.182. The van der Waals surface area contributed by atoms with E-state index in [2.05, 4.69) is 83.1 Å². The third-order valence-corrected chi connectivity index (χ3v) is 9.26. The van der Waals surface area contributed by atoms with E-state index in [9.17, 15) is 10.2 Å². The zero-order chi connectivity index (χ0) is 33.9. The van der Waals surface area contributed by atoms with E-state index >= 15 is 0 Å². The number of hydrogen-bond acceptors (Lipinski definition) is 4. The average Bonchev–Trinajstić information content (AvgIpc) is 3.09. The van der Waals surface area contributed by atoms with Gasteiger partial charge in [-0.05, 0) is 78.2 Å². The van der Waals surface area contributed by atoms with Gasteiger partial charge in [-0.2, -0.15) is 0 Å². The second-order valence-electron chi connectivity index (χ2n) is 13.5. The molecule has 0 radical (unpaired) electrons. The molecule has 0 aliphatic rings. The third kappa shape index (κ3) is 6.94. The van der Waals surface area contributed by atoms with Crippen LogP contribution in [-0.2, 0) is 17.3 Å². The SMILES string of the molecule is Cc1ccc(Cc2cc(Oc3ccc(O)cc3C(C)(C)c3ccccc3)ccc2Oc2ccc(O)cc2C(C)(C)c2ccccc2)cc1. The van der Waals surface area contributed by atoms with Crippen LogP contribution in [0, 0.1) is 6.92 Å². The summed E-state index contributed by atoms with van der Waals surface area (Å²) in [6.45, 7) is 10.6. The monoisotopic (exact) mass is 634 g/mol. The molecule has 48 heavy (non-hydrogen) atoms. The Labute approximate surface area is 283 Å². The maximum absolute atomic E-state index is 10.5. The first-order valence-electron chi connectivity index (χ1n) is 16.3. The molecule has 6 aromatic rings. The van der Waals surface area contributed by atoms with Crippen molar-refractivity contribution in [3.05, 3.63) is 178 Å². The first-order chi connectivity index (χ1) is 23.0. The number of ether oxygens (including phenoxy) is 2. The summed E-state index contributed by atoms with van der Waals surface area (Å²) >= 11 is 0. The summed E-state index contributed by atoms with van der Waals surface area (Å²) in [7, 11) is 0. The van der Waals surface area contributed by atoms with Crippen LogP contribution in [0.4, 0.5) is 0 Å². The number of rotatable bonds is 10. The van der Waals surface area contributed by atoms with Crippen molar-refractivity contribution < 1.29 is 19.7 Å². The van der Waals surface area contributed by atoms with Crippen LogP contribution in [0.25, 0.3) is 0 Å². The predicted octanol–water partition coefficient (Wildman–Crippen LogP) is 11.2. The summed E-state index contributed by atoms with van der Waals surface area (Å²) in [4.78, 5) is 0. The molecule has 0 saturated carbocycles. The van der Waals surface area contributed by atoms with E-state index in [1.54, 1.807) is 24.3 Å². The minimum atomic E-state index is -0.434. The molecule has 0 atom stereocenters. The predicted molar refractivity (Wildman–Crippen MR) is 194 cm³/mol. The first kappa shape index (κ1) is 32.5. The highest BCUT2D eigenvalue weighted by Crippen LogP contribution is 2.44. The molecule has 6 rings (SSSR count). The highest BCUT2D eigenvalue weighted by molar-refractivity contribution is 5.54. The molecule has 6 aromatic carbocycles. The van der Waals surface area contributed by atoms with Crippen LogP contribution in [0.2, 0.25) is 0 Å². The van der Waals surface area contributed by atoms with Crippen molar-refractivity contribution in [2.75, 3.05) is 0 Å². The zero-order valence-electron chi connectivity index (χ0n) is 28.2. The van der Waals surface area contributed by atoms with Crippen LogP contribution in [0.15, 0.2) is 140 Å². The number of phenols is 2. The molecule has 0 bridgehead atoms. The Bertz CT molecular complexity index is 2010. The minimum absolute atomic E-state index is 0.188. The van der Waals surface area contributed by atoms with Crippen LogP contribution in [0.3, 0.4) is 0 Å². The lowest BCUT2D eigenvalue weighted by Gasteiger charge is -2.29. The lowest BCUT2D eigenvalue weighted by molar-refractivity contribution is 0.437. The summed E-state index contributed by atoms with van der Waals surface area (Å²) in [6, 6.07) is 45.5. The molecule has 0 spiro atoms. The van der Waals surface area contributed by atoms with Gasteiger partial charge in [0.05, 0.1) is 0 Å². The van der Waals surface area contributed by atoms with E-state index in [0.717, 1.165) is 33.4 Å². The molecule has 4 nitrogen and oxygen atoms in total. The van der Waals surface area contributed by atoms with E-state index in [1.165, 1.54) is 5.56 Å². The Morgan fingerprint density at radius 1 is 0.500 bits per heavy atom. The molecule has 2 N–H and O–H groups in total. The molecule has 0 unspecified atom stereocenters. The summed E-state index contributed by atoms with van der Waals surface area (Å²) in [5.74, 6) is 3.08. The Hall–Kier alpha value is -5.48. The Balaban J connectivity index is 1.40. The van der Waals surface area contributed by atoms with Gasteiger partial charge in [-0.1, -0.05) is 118 Å². The van der Waals surface area contributed by atoms with Gasteiger partial charge in [0.15, 0.2) is 0 Å². The fourth-order valence-electron chi connectivity index (χ4n) is 6.24. The maximum Gasteiger partial charge on any atom is 0.131 e. The highest BCUT2D eigenvalue weighted by atomic mass is 16.5. The van der Waals surface area contributed by atoms with E-state index in [0.29, 0.717) is 29.4 Å². The summed E-state index contributed by atoms with van der Waals surface area (Å²) in [5, 5.41) is 21.0. The van der Waals surface area contributed by atoms with Crippen LogP contribution < -0.4 is 9.47 Å².